The minimum absolute atomic E-state index is 0.0151. The van der Waals surface area contributed by atoms with Gasteiger partial charge in [-0.1, -0.05) is 42.5 Å². The Balaban J connectivity index is 1.72. The summed E-state index contributed by atoms with van der Waals surface area (Å²) in [6, 6.07) is 19.0. The van der Waals surface area contributed by atoms with Crippen molar-refractivity contribution in [2.45, 2.75) is 30.5 Å². The number of carbonyl (C=O) groups is 1. The largest absolute Gasteiger partial charge is 0.486 e. The average Bonchev–Trinajstić information content (AvgIpc) is 2.94. The number of sulfonamides is 1. The number of halogens is 2. The van der Waals surface area contributed by atoms with Crippen LogP contribution in [0.4, 0.5) is 14.5 Å². The van der Waals surface area contributed by atoms with E-state index in [1.54, 1.807) is 54.6 Å². The van der Waals surface area contributed by atoms with Crippen LogP contribution in [0.5, 0.6) is 11.5 Å². The summed E-state index contributed by atoms with van der Waals surface area (Å²) in [4.78, 5) is 11.4. The number of ether oxygens (including phenoxy) is 3. The number of fused-ring (bicyclic) bond motifs is 1. The Bertz CT molecular complexity index is 1530. The molecule has 0 fully saturated rings. The molecule has 0 saturated carbocycles. The molecule has 0 N–H and O–H groups in total. The van der Waals surface area contributed by atoms with Gasteiger partial charge in [0.05, 0.1) is 35.9 Å². The lowest BCUT2D eigenvalue weighted by molar-refractivity contribution is -0.141. The molecule has 0 unspecified atom stereocenters. The van der Waals surface area contributed by atoms with Gasteiger partial charge in [-0.3, -0.25) is 9.10 Å². The van der Waals surface area contributed by atoms with Crippen LogP contribution in [0.1, 0.15) is 29.5 Å². The van der Waals surface area contributed by atoms with Crippen LogP contribution in [0.15, 0.2) is 71.6 Å². The lowest BCUT2D eigenvalue weighted by Crippen LogP contribution is -2.43. The third-order valence-corrected chi connectivity index (χ3v) is 7.74. The van der Waals surface area contributed by atoms with Gasteiger partial charge in [-0.15, -0.1) is 0 Å². The molecule has 202 valence electrons. The molecule has 1 aliphatic heterocycles. The van der Waals surface area contributed by atoms with Gasteiger partial charge in [0.25, 0.3) is 10.0 Å². The normalized spacial score (nSPS) is 14.9. The van der Waals surface area contributed by atoms with Crippen LogP contribution < -0.4 is 13.8 Å². The number of esters is 1. The van der Waals surface area contributed by atoms with E-state index in [0.717, 1.165) is 10.4 Å². The Kier molecular flexibility index (Phi) is 8.46. The fraction of sp³-hybridized carbons (Fsp3) is 0.214. The number of anilines is 1. The highest BCUT2D eigenvalue weighted by molar-refractivity contribution is 7.92. The summed E-state index contributed by atoms with van der Waals surface area (Å²) in [6.45, 7) is -3.24. The van der Waals surface area contributed by atoms with Crippen molar-refractivity contribution in [1.82, 2.24) is 0 Å². The summed E-state index contributed by atoms with van der Waals surface area (Å²) in [5.74, 6) is -0.488. The van der Waals surface area contributed by atoms with Gasteiger partial charge in [0.1, 0.15) is 17.6 Å². The Labute approximate surface area is 224 Å². The van der Waals surface area contributed by atoms with E-state index in [0.29, 0.717) is 16.7 Å². The molecule has 0 amide bonds. The maximum Gasteiger partial charge on any atom is 0.387 e. The summed E-state index contributed by atoms with van der Waals surface area (Å²) in [5.41, 5.74) is 2.05. The summed E-state index contributed by atoms with van der Waals surface area (Å²) < 4.78 is 69.3. The Hall–Kier alpha value is -4.43. The van der Waals surface area contributed by atoms with E-state index in [4.69, 9.17) is 4.74 Å². The highest BCUT2D eigenvalue weighted by Crippen LogP contribution is 2.39. The molecular formula is C28H24F2N2O6S. The van der Waals surface area contributed by atoms with Crippen molar-refractivity contribution >= 4 is 33.8 Å². The number of alkyl halides is 2. The van der Waals surface area contributed by atoms with E-state index in [9.17, 15) is 27.3 Å². The zero-order chi connectivity index (χ0) is 28.0. The number of benzene rings is 3. The third-order valence-electron chi connectivity index (χ3n) is 5.97. The standard InChI is InChI=1S/C28H24F2N2O6S/c1-36-27(33)14-12-23-18-32(39(34,35)24-8-4-7-22(16-24)38-28(29)30)25-15-19(10-13-26(25)37-23)9-11-20-5-2-3-6-21(20)17-31/h2-11,13,15-16,23,28H,12,14,18H2,1H3/b11-9+/t23-/m0/s1. The highest BCUT2D eigenvalue weighted by Gasteiger charge is 2.35. The van der Waals surface area contributed by atoms with Crippen molar-refractivity contribution in [3.05, 3.63) is 83.4 Å². The fourth-order valence-corrected chi connectivity index (χ4v) is 5.59. The van der Waals surface area contributed by atoms with Gasteiger partial charge in [-0.05, 0) is 47.9 Å². The van der Waals surface area contributed by atoms with Gasteiger partial charge in [-0.2, -0.15) is 14.0 Å². The monoisotopic (exact) mass is 554 g/mol. The molecule has 1 heterocycles. The van der Waals surface area contributed by atoms with Crippen molar-refractivity contribution in [2.75, 3.05) is 18.0 Å². The molecular weight excluding hydrogens is 530 g/mol. The Morgan fingerprint density at radius 3 is 2.69 bits per heavy atom. The average molecular weight is 555 g/mol. The van der Waals surface area contributed by atoms with Crippen molar-refractivity contribution in [1.29, 1.82) is 5.26 Å². The van der Waals surface area contributed by atoms with Gasteiger partial charge < -0.3 is 14.2 Å². The summed E-state index contributed by atoms with van der Waals surface area (Å²) in [7, 11) is -3.00. The van der Waals surface area contributed by atoms with E-state index in [1.165, 1.54) is 25.3 Å². The van der Waals surface area contributed by atoms with Gasteiger partial charge >= 0.3 is 12.6 Å². The van der Waals surface area contributed by atoms with E-state index in [-0.39, 0.29) is 41.5 Å². The number of nitrogens with zero attached hydrogens (tertiary/aromatic N) is 2. The molecule has 1 atom stereocenters. The SMILES string of the molecule is COC(=O)CC[C@H]1CN(S(=O)(=O)c2cccc(OC(F)F)c2)c2cc(/C=C/c3ccccc3C#N)ccc2O1. The molecule has 0 aliphatic carbocycles. The summed E-state index contributed by atoms with van der Waals surface area (Å²) >= 11 is 0. The second kappa shape index (κ2) is 12.0. The predicted molar refractivity (Wildman–Crippen MR) is 140 cm³/mol. The number of hydrogen-bond donors (Lipinski definition) is 0. The number of hydrogen-bond acceptors (Lipinski definition) is 7. The maximum atomic E-state index is 13.8. The molecule has 11 heteroatoms. The van der Waals surface area contributed by atoms with Crippen LogP contribution in [0.2, 0.25) is 0 Å². The first-order valence-corrected chi connectivity index (χ1v) is 13.3. The van der Waals surface area contributed by atoms with Crippen molar-refractivity contribution in [3.8, 4) is 17.6 Å². The zero-order valence-electron chi connectivity index (χ0n) is 20.8. The first-order chi connectivity index (χ1) is 18.7. The highest BCUT2D eigenvalue weighted by atomic mass is 32.2. The van der Waals surface area contributed by atoms with Crippen LogP contribution in [0.3, 0.4) is 0 Å². The fourth-order valence-electron chi connectivity index (χ4n) is 4.06. The molecule has 8 nitrogen and oxygen atoms in total. The van der Waals surface area contributed by atoms with Crippen LogP contribution in [0.25, 0.3) is 12.2 Å². The van der Waals surface area contributed by atoms with E-state index in [1.807, 2.05) is 0 Å². The molecule has 3 aromatic rings. The second-order valence-corrected chi connectivity index (χ2v) is 10.4. The van der Waals surface area contributed by atoms with E-state index in [2.05, 4.69) is 15.5 Å². The first-order valence-electron chi connectivity index (χ1n) is 11.8. The van der Waals surface area contributed by atoms with Crippen molar-refractivity contribution in [2.24, 2.45) is 0 Å². The van der Waals surface area contributed by atoms with Crippen LogP contribution in [-0.2, 0) is 19.6 Å². The Morgan fingerprint density at radius 1 is 1.15 bits per heavy atom. The van der Waals surface area contributed by atoms with Crippen molar-refractivity contribution < 1.29 is 36.2 Å². The lowest BCUT2D eigenvalue weighted by Gasteiger charge is -2.35. The molecule has 0 saturated heterocycles. The number of rotatable bonds is 9. The van der Waals surface area contributed by atoms with Crippen LogP contribution in [0, 0.1) is 11.3 Å². The van der Waals surface area contributed by atoms with Gasteiger partial charge in [-0.25, -0.2) is 8.42 Å². The summed E-state index contributed by atoms with van der Waals surface area (Å²) in [5, 5.41) is 9.34. The smallest absolute Gasteiger partial charge is 0.387 e. The number of methoxy groups -OCH3 is 1. The minimum Gasteiger partial charge on any atom is -0.486 e. The van der Waals surface area contributed by atoms with Crippen LogP contribution in [-0.4, -0.2) is 40.8 Å². The Morgan fingerprint density at radius 2 is 1.95 bits per heavy atom. The molecule has 0 bridgehead atoms. The minimum atomic E-state index is -4.26. The predicted octanol–water partition coefficient (Wildman–Crippen LogP) is 5.24. The quantitative estimate of drug-likeness (QED) is 0.263. The van der Waals surface area contributed by atoms with E-state index >= 15 is 0 Å². The zero-order valence-corrected chi connectivity index (χ0v) is 21.6. The molecule has 1 aliphatic rings. The van der Waals surface area contributed by atoms with Gasteiger partial charge in [0.2, 0.25) is 0 Å². The topological polar surface area (TPSA) is 106 Å². The first kappa shape index (κ1) is 27.6. The lowest BCUT2D eigenvalue weighted by atomic mass is 10.1. The van der Waals surface area contributed by atoms with Crippen molar-refractivity contribution in [3.63, 3.8) is 0 Å². The van der Waals surface area contributed by atoms with Gasteiger partial charge in [0.15, 0.2) is 0 Å². The summed E-state index contributed by atoms with van der Waals surface area (Å²) in [6.07, 6.45) is 3.02. The third kappa shape index (κ3) is 6.53. The molecule has 0 spiro atoms. The molecule has 4 rings (SSSR count). The molecule has 39 heavy (non-hydrogen) atoms. The maximum absolute atomic E-state index is 13.8. The van der Waals surface area contributed by atoms with Crippen LogP contribution >= 0.6 is 0 Å². The number of nitriles is 1. The van der Waals surface area contributed by atoms with Gasteiger partial charge in [0, 0.05) is 12.5 Å². The second-order valence-electron chi connectivity index (χ2n) is 8.50. The molecule has 3 aromatic carbocycles. The number of carbonyl (C=O) groups excluding carboxylic acids is 1. The van der Waals surface area contributed by atoms with E-state index < -0.39 is 28.7 Å². The molecule has 0 aromatic heterocycles. The molecule has 0 radical (unpaired) electrons.